The number of ether oxygens (including phenoxy) is 1. The van der Waals surface area contributed by atoms with Crippen molar-refractivity contribution in [3.8, 4) is 0 Å². The lowest BCUT2D eigenvalue weighted by Crippen LogP contribution is -2.14. The Hall–Kier alpha value is -2.24. The highest BCUT2D eigenvalue weighted by atomic mass is 19.2. The maximum Gasteiger partial charge on any atom is 0.339 e. The van der Waals surface area contributed by atoms with Crippen molar-refractivity contribution in [2.45, 2.75) is 6.92 Å². The molecule has 0 saturated carbocycles. The maximum absolute atomic E-state index is 13.0. The minimum absolute atomic E-state index is 0.128. The standard InChI is InChI=1S/C12H10F2O4/c1-6(2)5-18-12(17)8-4-10(14)9(13)3-7(8)11(15)16/h3-4H,1,5H2,2H3,(H,15,16). The van der Waals surface area contributed by atoms with Crippen LogP contribution >= 0.6 is 0 Å². The number of carboxylic acids is 1. The molecule has 0 aliphatic rings. The van der Waals surface area contributed by atoms with E-state index in [0.29, 0.717) is 17.7 Å². The van der Waals surface area contributed by atoms with Crippen LogP contribution in [0.1, 0.15) is 27.6 Å². The number of carbonyl (C=O) groups excluding carboxylic acids is 1. The number of hydrogen-bond donors (Lipinski definition) is 1. The molecular weight excluding hydrogens is 246 g/mol. The van der Waals surface area contributed by atoms with E-state index in [1.54, 1.807) is 6.92 Å². The number of esters is 1. The Morgan fingerprint density at radius 3 is 2.22 bits per heavy atom. The molecule has 0 unspecified atom stereocenters. The number of benzene rings is 1. The summed E-state index contributed by atoms with van der Waals surface area (Å²) in [7, 11) is 0. The zero-order chi connectivity index (χ0) is 13.9. The summed E-state index contributed by atoms with van der Waals surface area (Å²) < 4.78 is 30.6. The lowest BCUT2D eigenvalue weighted by molar-refractivity contribution is 0.0527. The predicted octanol–water partition coefficient (Wildman–Crippen LogP) is 2.40. The summed E-state index contributed by atoms with van der Waals surface area (Å²) in [6.45, 7) is 4.95. The van der Waals surface area contributed by atoms with Crippen molar-refractivity contribution >= 4 is 11.9 Å². The minimum Gasteiger partial charge on any atom is -0.478 e. The number of hydrogen-bond acceptors (Lipinski definition) is 3. The van der Waals surface area contributed by atoms with Gasteiger partial charge in [0, 0.05) is 0 Å². The molecule has 1 rings (SSSR count). The first-order chi connectivity index (χ1) is 8.32. The predicted molar refractivity (Wildman–Crippen MR) is 58.4 cm³/mol. The Morgan fingerprint density at radius 2 is 1.78 bits per heavy atom. The largest absolute Gasteiger partial charge is 0.478 e. The summed E-state index contributed by atoms with van der Waals surface area (Å²) in [4.78, 5) is 22.3. The van der Waals surface area contributed by atoms with E-state index >= 15 is 0 Å². The summed E-state index contributed by atoms with van der Waals surface area (Å²) in [6.07, 6.45) is 0. The van der Waals surface area contributed by atoms with Crippen LogP contribution in [0.5, 0.6) is 0 Å². The molecule has 0 fully saturated rings. The minimum atomic E-state index is -1.55. The molecule has 6 heteroatoms. The van der Waals surface area contributed by atoms with E-state index in [-0.39, 0.29) is 6.61 Å². The van der Waals surface area contributed by atoms with Gasteiger partial charge in [0.15, 0.2) is 11.6 Å². The van der Waals surface area contributed by atoms with Gasteiger partial charge in [-0.3, -0.25) is 0 Å². The number of aromatic carboxylic acids is 1. The van der Waals surface area contributed by atoms with E-state index in [1.165, 1.54) is 0 Å². The van der Waals surface area contributed by atoms with Gasteiger partial charge in [0.1, 0.15) is 6.61 Å². The summed E-state index contributed by atoms with van der Waals surface area (Å²) in [5.74, 6) is -5.25. The van der Waals surface area contributed by atoms with Crippen molar-refractivity contribution in [1.82, 2.24) is 0 Å². The van der Waals surface area contributed by atoms with Crippen LogP contribution in [0.3, 0.4) is 0 Å². The molecule has 0 spiro atoms. The first-order valence-electron chi connectivity index (χ1n) is 4.86. The number of halogens is 2. The highest BCUT2D eigenvalue weighted by molar-refractivity contribution is 6.02. The second-order valence-corrected chi connectivity index (χ2v) is 3.65. The van der Waals surface area contributed by atoms with Gasteiger partial charge in [0.25, 0.3) is 0 Å². The molecule has 96 valence electrons. The molecule has 0 aliphatic heterocycles. The molecular formula is C12H10F2O4. The fraction of sp³-hybridized carbons (Fsp3) is 0.167. The Labute approximate surface area is 101 Å². The lowest BCUT2D eigenvalue weighted by Gasteiger charge is -2.07. The van der Waals surface area contributed by atoms with E-state index in [0.717, 1.165) is 0 Å². The topological polar surface area (TPSA) is 63.6 Å². The lowest BCUT2D eigenvalue weighted by atomic mass is 10.1. The highest BCUT2D eigenvalue weighted by Gasteiger charge is 2.21. The van der Waals surface area contributed by atoms with Crippen molar-refractivity contribution in [2.24, 2.45) is 0 Å². The Bertz CT molecular complexity index is 523. The quantitative estimate of drug-likeness (QED) is 0.663. The molecule has 1 aromatic rings. The van der Waals surface area contributed by atoms with Crippen molar-refractivity contribution in [3.05, 3.63) is 47.0 Å². The molecule has 0 aromatic heterocycles. The molecule has 0 heterocycles. The summed E-state index contributed by atoms with van der Waals surface area (Å²) >= 11 is 0. The van der Waals surface area contributed by atoms with Crippen LogP contribution in [0.15, 0.2) is 24.3 Å². The first-order valence-corrected chi connectivity index (χ1v) is 4.86. The summed E-state index contributed by atoms with van der Waals surface area (Å²) in [5, 5.41) is 8.79. The van der Waals surface area contributed by atoms with Gasteiger partial charge in [-0.05, 0) is 24.6 Å². The zero-order valence-electron chi connectivity index (χ0n) is 9.50. The van der Waals surface area contributed by atoms with Crippen molar-refractivity contribution in [2.75, 3.05) is 6.61 Å². The fourth-order valence-corrected chi connectivity index (χ4v) is 1.16. The van der Waals surface area contributed by atoms with E-state index in [2.05, 4.69) is 11.3 Å². The second-order valence-electron chi connectivity index (χ2n) is 3.65. The third-order valence-electron chi connectivity index (χ3n) is 1.96. The number of carbonyl (C=O) groups is 2. The third-order valence-corrected chi connectivity index (χ3v) is 1.96. The second kappa shape index (κ2) is 5.39. The molecule has 0 bridgehead atoms. The normalized spacial score (nSPS) is 9.94. The Kier molecular flexibility index (Phi) is 4.14. The van der Waals surface area contributed by atoms with Gasteiger partial charge in [-0.2, -0.15) is 0 Å². The van der Waals surface area contributed by atoms with Gasteiger partial charge in [-0.15, -0.1) is 0 Å². The Morgan fingerprint density at radius 1 is 1.28 bits per heavy atom. The van der Waals surface area contributed by atoms with E-state index in [4.69, 9.17) is 5.11 Å². The molecule has 0 radical (unpaired) electrons. The summed E-state index contributed by atoms with van der Waals surface area (Å²) in [5.41, 5.74) is -0.661. The van der Waals surface area contributed by atoms with Gasteiger partial charge in [-0.1, -0.05) is 6.58 Å². The fourth-order valence-electron chi connectivity index (χ4n) is 1.16. The van der Waals surface area contributed by atoms with Crippen LogP contribution in [0.2, 0.25) is 0 Å². The van der Waals surface area contributed by atoms with Gasteiger partial charge in [0.05, 0.1) is 11.1 Å². The van der Waals surface area contributed by atoms with Crippen LogP contribution in [-0.4, -0.2) is 23.7 Å². The van der Waals surface area contributed by atoms with Crippen molar-refractivity contribution in [1.29, 1.82) is 0 Å². The number of carboxylic acid groups (broad SMARTS) is 1. The van der Waals surface area contributed by atoms with Crippen LogP contribution < -0.4 is 0 Å². The first kappa shape index (κ1) is 13.8. The molecule has 18 heavy (non-hydrogen) atoms. The van der Waals surface area contributed by atoms with Gasteiger partial charge in [0.2, 0.25) is 0 Å². The molecule has 0 amide bonds. The maximum atomic E-state index is 13.0. The van der Waals surface area contributed by atoms with Crippen LogP contribution in [0.4, 0.5) is 8.78 Å². The molecule has 0 saturated heterocycles. The SMILES string of the molecule is C=C(C)COC(=O)c1cc(F)c(F)cc1C(=O)O. The van der Waals surface area contributed by atoms with Gasteiger partial charge in [-0.25, -0.2) is 18.4 Å². The monoisotopic (exact) mass is 256 g/mol. The molecule has 1 N–H and O–H groups in total. The Balaban J connectivity index is 3.13. The average molecular weight is 256 g/mol. The van der Waals surface area contributed by atoms with Crippen molar-refractivity contribution in [3.63, 3.8) is 0 Å². The molecule has 0 aliphatic carbocycles. The van der Waals surface area contributed by atoms with Crippen LogP contribution in [0.25, 0.3) is 0 Å². The molecule has 0 atom stereocenters. The zero-order valence-corrected chi connectivity index (χ0v) is 9.50. The van der Waals surface area contributed by atoms with Crippen molar-refractivity contribution < 1.29 is 28.2 Å². The molecule has 4 nitrogen and oxygen atoms in total. The highest BCUT2D eigenvalue weighted by Crippen LogP contribution is 2.16. The number of rotatable bonds is 4. The average Bonchev–Trinajstić information content (AvgIpc) is 2.28. The van der Waals surface area contributed by atoms with E-state index in [9.17, 15) is 18.4 Å². The van der Waals surface area contributed by atoms with Gasteiger partial charge >= 0.3 is 11.9 Å². The summed E-state index contributed by atoms with van der Waals surface area (Å²) in [6, 6.07) is 0.939. The van der Waals surface area contributed by atoms with Crippen LogP contribution in [0, 0.1) is 11.6 Å². The smallest absolute Gasteiger partial charge is 0.339 e. The third kappa shape index (κ3) is 3.13. The van der Waals surface area contributed by atoms with E-state index < -0.39 is 34.7 Å². The molecule has 1 aromatic carbocycles. The van der Waals surface area contributed by atoms with E-state index in [1.807, 2.05) is 0 Å². The van der Waals surface area contributed by atoms with Crippen LogP contribution in [-0.2, 0) is 4.74 Å². The van der Waals surface area contributed by atoms with Gasteiger partial charge < -0.3 is 9.84 Å².